The van der Waals surface area contributed by atoms with Crippen LogP contribution in [0.15, 0.2) is 62.9 Å². The average Bonchev–Trinajstić information content (AvgIpc) is 3.05. The third-order valence-corrected chi connectivity index (χ3v) is 5.25. The van der Waals surface area contributed by atoms with Crippen molar-refractivity contribution in [3.05, 3.63) is 81.7 Å². The Bertz CT molecular complexity index is 1220. The van der Waals surface area contributed by atoms with Gasteiger partial charge in [0.1, 0.15) is 23.8 Å². The normalized spacial score (nSPS) is 11.1. The van der Waals surface area contributed by atoms with Crippen LogP contribution >= 0.6 is 11.8 Å². The molecule has 0 bridgehead atoms. The second kappa shape index (κ2) is 7.96. The fourth-order valence-corrected chi connectivity index (χ4v) is 3.65. The first-order valence-electron chi connectivity index (χ1n) is 8.73. The fraction of sp³-hybridized carbons (Fsp3) is 0.150. The molecule has 4 aromatic rings. The number of fused-ring (bicyclic) bond motifs is 1. The second-order valence-corrected chi connectivity index (χ2v) is 7.33. The molecule has 0 amide bonds. The quantitative estimate of drug-likeness (QED) is 0.294. The van der Waals surface area contributed by atoms with E-state index in [9.17, 15) is 9.18 Å². The lowest BCUT2D eigenvalue weighted by atomic mass is 10.1. The van der Waals surface area contributed by atoms with Crippen LogP contribution in [-0.2, 0) is 12.4 Å². The van der Waals surface area contributed by atoms with Crippen LogP contribution in [0.25, 0.3) is 11.0 Å². The van der Waals surface area contributed by atoms with Crippen molar-refractivity contribution in [2.75, 3.05) is 5.84 Å². The van der Waals surface area contributed by atoms with Gasteiger partial charge in [-0.25, -0.2) is 13.9 Å². The van der Waals surface area contributed by atoms with Gasteiger partial charge in [0.2, 0.25) is 5.16 Å². The highest BCUT2D eigenvalue weighted by Gasteiger charge is 2.13. The lowest BCUT2D eigenvalue weighted by Crippen LogP contribution is -2.15. The number of halogens is 1. The molecule has 2 N–H and O–H groups in total. The third kappa shape index (κ3) is 4.24. The number of hydrogen-bond donors (Lipinski definition) is 1. The number of nitrogen functional groups attached to an aromatic ring is 1. The zero-order valence-corrected chi connectivity index (χ0v) is 16.3. The number of benzene rings is 2. The SMILES string of the molecule is Cc1ccc2c(CSc3nnc(COc4ccc(F)cc4)n3N)cc(=O)oc2c1. The van der Waals surface area contributed by atoms with E-state index < -0.39 is 5.63 Å². The molecule has 2 aromatic heterocycles. The predicted molar refractivity (Wildman–Crippen MR) is 108 cm³/mol. The van der Waals surface area contributed by atoms with Gasteiger partial charge in [-0.3, -0.25) is 0 Å². The Kier molecular flexibility index (Phi) is 5.22. The summed E-state index contributed by atoms with van der Waals surface area (Å²) in [6.45, 7) is 2.03. The molecule has 0 saturated carbocycles. The molecule has 148 valence electrons. The molecule has 0 fully saturated rings. The maximum Gasteiger partial charge on any atom is 0.336 e. The summed E-state index contributed by atoms with van der Waals surface area (Å²) in [4.78, 5) is 11.9. The van der Waals surface area contributed by atoms with Crippen molar-refractivity contribution in [2.45, 2.75) is 24.4 Å². The molecule has 0 unspecified atom stereocenters. The minimum absolute atomic E-state index is 0.0901. The number of hydrogen-bond acceptors (Lipinski definition) is 7. The van der Waals surface area contributed by atoms with E-state index in [0.717, 1.165) is 16.5 Å². The van der Waals surface area contributed by atoms with Crippen molar-refractivity contribution in [3.8, 4) is 5.75 Å². The largest absolute Gasteiger partial charge is 0.486 e. The van der Waals surface area contributed by atoms with Crippen molar-refractivity contribution in [3.63, 3.8) is 0 Å². The van der Waals surface area contributed by atoms with Crippen molar-refractivity contribution in [1.82, 2.24) is 14.9 Å². The summed E-state index contributed by atoms with van der Waals surface area (Å²) in [5.74, 6) is 7.13. The van der Waals surface area contributed by atoms with Crippen LogP contribution in [0.4, 0.5) is 4.39 Å². The van der Waals surface area contributed by atoms with Crippen molar-refractivity contribution < 1.29 is 13.5 Å². The molecule has 9 heteroatoms. The number of aryl methyl sites for hydroxylation is 1. The van der Waals surface area contributed by atoms with E-state index >= 15 is 0 Å². The molecule has 29 heavy (non-hydrogen) atoms. The lowest BCUT2D eigenvalue weighted by molar-refractivity contribution is 0.291. The van der Waals surface area contributed by atoms with Gasteiger partial charge in [0.25, 0.3) is 0 Å². The maximum absolute atomic E-state index is 13.0. The molecule has 0 aliphatic carbocycles. The second-order valence-electron chi connectivity index (χ2n) is 6.39. The van der Waals surface area contributed by atoms with E-state index in [2.05, 4.69) is 10.2 Å². The summed E-state index contributed by atoms with van der Waals surface area (Å²) in [6, 6.07) is 12.9. The van der Waals surface area contributed by atoms with Gasteiger partial charge in [-0.15, -0.1) is 10.2 Å². The number of ether oxygens (including phenoxy) is 1. The molecule has 0 aliphatic heterocycles. The first-order valence-corrected chi connectivity index (χ1v) is 9.72. The third-order valence-electron chi connectivity index (χ3n) is 4.26. The summed E-state index contributed by atoms with van der Waals surface area (Å²) in [7, 11) is 0. The Labute approximate surface area is 169 Å². The molecule has 0 aliphatic rings. The summed E-state index contributed by atoms with van der Waals surface area (Å²) in [5, 5.41) is 9.47. The first kappa shape index (κ1) is 19.0. The smallest absolute Gasteiger partial charge is 0.336 e. The van der Waals surface area contributed by atoms with Gasteiger partial charge >= 0.3 is 5.63 Å². The van der Waals surface area contributed by atoms with Gasteiger partial charge in [0.15, 0.2) is 5.82 Å². The first-order chi connectivity index (χ1) is 14.0. The minimum atomic E-state index is -0.402. The monoisotopic (exact) mass is 412 g/mol. The van der Waals surface area contributed by atoms with Gasteiger partial charge in [-0.1, -0.05) is 23.9 Å². The molecule has 0 saturated heterocycles. The summed E-state index contributed by atoms with van der Waals surface area (Å²) >= 11 is 1.35. The van der Waals surface area contributed by atoms with Crippen molar-refractivity contribution in [1.29, 1.82) is 0 Å². The van der Waals surface area contributed by atoms with Crippen molar-refractivity contribution >= 4 is 22.7 Å². The van der Waals surface area contributed by atoms with Crippen LogP contribution < -0.4 is 16.2 Å². The maximum atomic E-state index is 13.0. The van der Waals surface area contributed by atoms with Crippen LogP contribution in [0, 0.1) is 12.7 Å². The van der Waals surface area contributed by atoms with Crippen molar-refractivity contribution in [2.24, 2.45) is 0 Å². The van der Waals surface area contributed by atoms with E-state index in [4.69, 9.17) is 15.0 Å². The van der Waals surface area contributed by atoms with Gasteiger partial charge in [0.05, 0.1) is 0 Å². The van der Waals surface area contributed by atoms with E-state index in [0.29, 0.717) is 28.1 Å². The fourth-order valence-electron chi connectivity index (χ4n) is 2.78. The number of nitrogens with zero attached hydrogens (tertiary/aromatic N) is 3. The van der Waals surface area contributed by atoms with E-state index in [-0.39, 0.29) is 12.4 Å². The number of nitrogens with two attached hydrogens (primary N) is 1. The molecule has 0 atom stereocenters. The summed E-state index contributed by atoms with van der Waals surface area (Å²) < 4.78 is 25.1. The Hall–Kier alpha value is -3.33. The Balaban J connectivity index is 1.48. The molecule has 2 heterocycles. The van der Waals surface area contributed by atoms with Gasteiger partial charge in [-0.05, 0) is 48.4 Å². The van der Waals surface area contributed by atoms with Gasteiger partial charge in [0, 0.05) is 17.2 Å². The highest BCUT2D eigenvalue weighted by molar-refractivity contribution is 7.98. The topological polar surface area (TPSA) is 96.2 Å². The van der Waals surface area contributed by atoms with E-state index in [1.54, 1.807) is 0 Å². The zero-order valence-electron chi connectivity index (χ0n) is 15.5. The molecule has 7 nitrogen and oxygen atoms in total. The van der Waals surface area contributed by atoms with Crippen LogP contribution in [-0.4, -0.2) is 14.9 Å². The summed E-state index contributed by atoms with van der Waals surface area (Å²) in [5.41, 5.74) is 1.99. The summed E-state index contributed by atoms with van der Waals surface area (Å²) in [6.07, 6.45) is 0. The Morgan fingerprint density at radius 2 is 1.97 bits per heavy atom. The molecule has 2 aromatic carbocycles. The number of aromatic nitrogens is 3. The zero-order chi connectivity index (χ0) is 20.4. The van der Waals surface area contributed by atoms with Crippen LogP contribution in [0.3, 0.4) is 0 Å². The molecule has 0 radical (unpaired) electrons. The van der Waals surface area contributed by atoms with Crippen LogP contribution in [0.1, 0.15) is 17.0 Å². The molecular weight excluding hydrogens is 395 g/mol. The minimum Gasteiger partial charge on any atom is -0.486 e. The highest BCUT2D eigenvalue weighted by atomic mass is 32.2. The number of rotatable bonds is 6. The lowest BCUT2D eigenvalue weighted by Gasteiger charge is -2.07. The van der Waals surface area contributed by atoms with Crippen LogP contribution in [0.5, 0.6) is 5.75 Å². The highest BCUT2D eigenvalue weighted by Crippen LogP contribution is 2.26. The Morgan fingerprint density at radius 3 is 2.76 bits per heavy atom. The standard InChI is InChI=1S/C20H17FN4O3S/c1-12-2-7-16-13(9-19(26)28-17(16)8-12)11-29-20-24-23-18(25(20)22)10-27-15-5-3-14(21)4-6-15/h2-9H,10-11,22H2,1H3. The van der Waals surface area contributed by atoms with Gasteiger partial charge in [-0.2, -0.15) is 0 Å². The Morgan fingerprint density at radius 1 is 1.17 bits per heavy atom. The van der Waals surface area contributed by atoms with E-state index in [1.807, 2.05) is 25.1 Å². The molecule has 4 rings (SSSR count). The molecular formula is C20H17FN4O3S. The average molecular weight is 412 g/mol. The molecule has 0 spiro atoms. The predicted octanol–water partition coefficient (Wildman–Crippen LogP) is 3.42. The van der Waals surface area contributed by atoms with E-state index in [1.165, 1.54) is 46.8 Å². The number of thioether (sulfide) groups is 1. The van der Waals surface area contributed by atoms with Crippen LogP contribution in [0.2, 0.25) is 0 Å². The van der Waals surface area contributed by atoms with Gasteiger partial charge < -0.3 is 15.0 Å².